The van der Waals surface area contributed by atoms with Crippen LogP contribution in [-0.4, -0.2) is 11.2 Å². The average Bonchev–Trinajstić information content (AvgIpc) is 2.39. The Bertz CT molecular complexity index is 189. The first kappa shape index (κ1) is 15.0. The normalized spacial score (nSPS) is 23.3. The second kappa shape index (κ2) is 8.10. The zero-order valence-electron chi connectivity index (χ0n) is 11.9. The summed E-state index contributed by atoms with van der Waals surface area (Å²) in [6.07, 6.45) is 10.4. The Morgan fingerprint density at radius 2 is 1.82 bits per heavy atom. The van der Waals surface area contributed by atoms with Crippen LogP contribution in [0.3, 0.4) is 0 Å². The molecule has 3 atom stereocenters. The molecule has 0 amide bonds. The van der Waals surface area contributed by atoms with Crippen LogP contribution >= 0.6 is 0 Å². The van der Waals surface area contributed by atoms with Crippen LogP contribution in [0.25, 0.3) is 0 Å². The van der Waals surface area contributed by atoms with E-state index in [0.29, 0.717) is 23.8 Å². The van der Waals surface area contributed by atoms with Gasteiger partial charge in [0.1, 0.15) is 0 Å². The van der Waals surface area contributed by atoms with E-state index in [1.807, 2.05) is 0 Å². The summed E-state index contributed by atoms with van der Waals surface area (Å²) >= 11 is 0. The minimum Gasteiger partial charge on any atom is -0.317 e. The maximum Gasteiger partial charge on any atom is 0.0378 e. The van der Waals surface area contributed by atoms with Gasteiger partial charge in [0.05, 0.1) is 0 Å². The highest BCUT2D eigenvalue weighted by atomic mass is 16.5. The highest BCUT2D eigenvalue weighted by molar-refractivity contribution is 4.85. The molecule has 2 heteroatoms. The van der Waals surface area contributed by atoms with Crippen molar-refractivity contribution in [3.05, 3.63) is 0 Å². The molecule has 0 bridgehead atoms. The van der Waals surface area contributed by atoms with Gasteiger partial charge in [-0.3, -0.25) is 0 Å². The van der Waals surface area contributed by atoms with Crippen molar-refractivity contribution in [2.24, 2.45) is 17.8 Å². The van der Waals surface area contributed by atoms with Crippen LogP contribution in [0.2, 0.25) is 0 Å². The van der Waals surface area contributed by atoms with Gasteiger partial charge < -0.3 is 5.21 Å². The summed E-state index contributed by atoms with van der Waals surface area (Å²) in [6.45, 7) is 6.86. The van der Waals surface area contributed by atoms with Crippen LogP contribution < -0.4 is 5.48 Å². The van der Waals surface area contributed by atoms with Gasteiger partial charge in [-0.2, -0.15) is 0 Å². The minimum atomic E-state index is 0.324. The van der Waals surface area contributed by atoms with Gasteiger partial charge >= 0.3 is 0 Å². The van der Waals surface area contributed by atoms with E-state index < -0.39 is 0 Å². The lowest BCUT2D eigenvalue weighted by molar-refractivity contribution is 0.0330. The Morgan fingerprint density at radius 1 is 1.18 bits per heavy atom. The Kier molecular flexibility index (Phi) is 7.14. The topological polar surface area (TPSA) is 32.3 Å². The number of nitrogens with one attached hydrogen (secondary N) is 1. The minimum absolute atomic E-state index is 0.324. The number of hydrogen-bond acceptors (Lipinski definition) is 2. The van der Waals surface area contributed by atoms with E-state index in [0.717, 1.165) is 0 Å². The molecule has 0 aromatic carbocycles. The molecular weight excluding hydrogens is 210 g/mol. The first-order chi connectivity index (χ1) is 8.24. The quantitative estimate of drug-likeness (QED) is 0.648. The van der Waals surface area contributed by atoms with Gasteiger partial charge in [0, 0.05) is 6.04 Å². The summed E-state index contributed by atoms with van der Waals surface area (Å²) < 4.78 is 0. The standard InChI is InChI=1S/C15H31NO/c1-4-9-14(12(3)5-2)15(16-17)13-10-7-6-8-11-13/h12-17H,4-11H2,1-3H3. The van der Waals surface area contributed by atoms with Crippen molar-refractivity contribution >= 4 is 0 Å². The van der Waals surface area contributed by atoms with Crippen LogP contribution in [0.5, 0.6) is 0 Å². The fraction of sp³-hybridized carbons (Fsp3) is 1.00. The van der Waals surface area contributed by atoms with Crippen LogP contribution in [0.4, 0.5) is 0 Å². The van der Waals surface area contributed by atoms with E-state index >= 15 is 0 Å². The van der Waals surface area contributed by atoms with Gasteiger partial charge in [0.2, 0.25) is 0 Å². The second-order valence-electron chi connectivity index (χ2n) is 5.89. The third-order valence-electron chi connectivity index (χ3n) is 4.76. The SMILES string of the molecule is CCCC(C(C)CC)C(NO)C1CCCCC1. The van der Waals surface area contributed by atoms with Gasteiger partial charge in [-0.05, 0) is 37.0 Å². The van der Waals surface area contributed by atoms with Crippen LogP contribution in [0.1, 0.15) is 72.1 Å². The Labute approximate surface area is 107 Å². The molecule has 17 heavy (non-hydrogen) atoms. The summed E-state index contributed by atoms with van der Waals surface area (Å²) in [5.41, 5.74) is 2.67. The maximum absolute atomic E-state index is 9.57. The lowest BCUT2D eigenvalue weighted by Crippen LogP contribution is -2.43. The summed E-state index contributed by atoms with van der Waals surface area (Å²) in [4.78, 5) is 0. The Morgan fingerprint density at radius 3 is 2.29 bits per heavy atom. The predicted octanol–water partition coefficient (Wildman–Crippen LogP) is 4.38. The van der Waals surface area contributed by atoms with Crippen LogP contribution in [0, 0.1) is 17.8 Å². The molecular formula is C15H31NO. The Balaban J connectivity index is 2.65. The first-order valence-corrected chi connectivity index (χ1v) is 7.64. The van der Waals surface area contributed by atoms with E-state index in [-0.39, 0.29) is 0 Å². The van der Waals surface area contributed by atoms with Crippen LogP contribution in [0.15, 0.2) is 0 Å². The molecule has 102 valence electrons. The molecule has 1 fully saturated rings. The molecule has 3 unspecified atom stereocenters. The van der Waals surface area contributed by atoms with Crippen molar-refractivity contribution in [3.8, 4) is 0 Å². The monoisotopic (exact) mass is 241 g/mol. The molecule has 2 nitrogen and oxygen atoms in total. The lowest BCUT2D eigenvalue weighted by Gasteiger charge is -2.37. The third-order valence-corrected chi connectivity index (χ3v) is 4.76. The molecule has 0 radical (unpaired) electrons. The highest BCUT2D eigenvalue weighted by Crippen LogP contribution is 2.34. The van der Waals surface area contributed by atoms with Crippen molar-refractivity contribution < 1.29 is 5.21 Å². The maximum atomic E-state index is 9.57. The van der Waals surface area contributed by atoms with E-state index in [4.69, 9.17) is 0 Å². The molecule has 0 saturated heterocycles. The summed E-state index contributed by atoms with van der Waals surface area (Å²) in [5, 5.41) is 9.57. The highest BCUT2D eigenvalue weighted by Gasteiger charge is 2.32. The fourth-order valence-corrected chi connectivity index (χ4v) is 3.50. The number of hydroxylamine groups is 1. The molecule has 1 rings (SSSR count). The Hall–Kier alpha value is -0.0800. The smallest absolute Gasteiger partial charge is 0.0378 e. The number of rotatable bonds is 7. The summed E-state index contributed by atoms with van der Waals surface area (Å²) in [6, 6.07) is 0.324. The molecule has 0 aliphatic heterocycles. The first-order valence-electron chi connectivity index (χ1n) is 7.64. The van der Waals surface area contributed by atoms with Gasteiger partial charge in [-0.15, -0.1) is 0 Å². The van der Waals surface area contributed by atoms with Gasteiger partial charge in [0.25, 0.3) is 0 Å². The van der Waals surface area contributed by atoms with Gasteiger partial charge in [-0.1, -0.05) is 52.9 Å². The third kappa shape index (κ3) is 4.26. The van der Waals surface area contributed by atoms with E-state index in [1.54, 1.807) is 0 Å². The molecule has 1 aliphatic rings. The van der Waals surface area contributed by atoms with Crippen molar-refractivity contribution in [1.29, 1.82) is 0 Å². The fourth-order valence-electron chi connectivity index (χ4n) is 3.50. The lowest BCUT2D eigenvalue weighted by atomic mass is 9.73. The summed E-state index contributed by atoms with van der Waals surface area (Å²) in [5.74, 6) is 2.04. The van der Waals surface area contributed by atoms with Crippen molar-refractivity contribution in [1.82, 2.24) is 5.48 Å². The predicted molar refractivity (Wildman–Crippen MR) is 73.1 cm³/mol. The van der Waals surface area contributed by atoms with Crippen molar-refractivity contribution in [2.75, 3.05) is 0 Å². The van der Waals surface area contributed by atoms with Crippen molar-refractivity contribution in [2.45, 2.75) is 78.2 Å². The zero-order valence-corrected chi connectivity index (χ0v) is 11.9. The molecule has 2 N–H and O–H groups in total. The van der Waals surface area contributed by atoms with Gasteiger partial charge in [-0.25, -0.2) is 5.48 Å². The van der Waals surface area contributed by atoms with E-state index in [9.17, 15) is 5.21 Å². The molecule has 0 aromatic rings. The average molecular weight is 241 g/mol. The molecule has 0 spiro atoms. The van der Waals surface area contributed by atoms with Gasteiger partial charge in [0.15, 0.2) is 0 Å². The molecule has 0 heterocycles. The van der Waals surface area contributed by atoms with E-state index in [1.165, 1.54) is 51.4 Å². The zero-order chi connectivity index (χ0) is 12.7. The van der Waals surface area contributed by atoms with Crippen molar-refractivity contribution in [3.63, 3.8) is 0 Å². The molecule has 1 saturated carbocycles. The summed E-state index contributed by atoms with van der Waals surface area (Å²) in [7, 11) is 0. The second-order valence-corrected chi connectivity index (χ2v) is 5.89. The largest absolute Gasteiger partial charge is 0.317 e. The molecule has 1 aliphatic carbocycles. The van der Waals surface area contributed by atoms with Crippen LogP contribution in [-0.2, 0) is 0 Å². The van der Waals surface area contributed by atoms with E-state index in [2.05, 4.69) is 26.3 Å². The molecule has 0 aromatic heterocycles. The number of hydrogen-bond donors (Lipinski definition) is 2.